The van der Waals surface area contributed by atoms with Gasteiger partial charge in [-0.1, -0.05) is 0 Å². The van der Waals surface area contributed by atoms with Crippen LogP contribution in [-0.4, -0.2) is 17.8 Å². The normalized spacial score (nSPS) is 9.45. The Morgan fingerprint density at radius 3 is 2.00 bits per heavy atom. The van der Waals surface area contributed by atoms with Gasteiger partial charge in [0.05, 0.1) is 0 Å². The van der Waals surface area contributed by atoms with Gasteiger partial charge >= 0.3 is 6.03 Å². The third kappa shape index (κ3) is 6.03. The van der Waals surface area contributed by atoms with E-state index in [0.717, 1.165) is 12.2 Å². The molecule has 0 heterocycles. The highest BCUT2D eigenvalue weighted by Crippen LogP contribution is 1.71. The molecule has 0 aliphatic carbocycles. The molecule has 0 aromatic rings. The zero-order valence-electron chi connectivity index (χ0n) is 5.53. The molecule has 0 aliphatic heterocycles. The second-order valence-corrected chi connectivity index (χ2v) is 1.59. The van der Waals surface area contributed by atoms with Crippen molar-refractivity contribution in [3.05, 3.63) is 12.2 Å². The van der Waals surface area contributed by atoms with Crippen molar-refractivity contribution < 1.29 is 14.4 Å². The largest absolute Gasteiger partial charge is 0.366 e. The van der Waals surface area contributed by atoms with Crippen LogP contribution in [0.2, 0.25) is 0 Å². The summed E-state index contributed by atoms with van der Waals surface area (Å²) in [6.45, 7) is 0. The Balaban J connectivity index is 3.88. The van der Waals surface area contributed by atoms with Crippen LogP contribution >= 0.6 is 0 Å². The van der Waals surface area contributed by atoms with Crippen molar-refractivity contribution in [2.45, 2.75) is 0 Å². The minimum absolute atomic E-state index is 0.773. The molecule has 0 bridgehead atoms. The second kappa shape index (κ2) is 4.04. The number of rotatable bonds is 2. The Morgan fingerprint density at radius 2 is 1.64 bits per heavy atom. The fraction of sp³-hybridized carbons (Fsp3) is 0. The number of carbonyl (C=O) groups is 3. The first-order valence-corrected chi connectivity index (χ1v) is 2.60. The van der Waals surface area contributed by atoms with Crippen LogP contribution in [0.4, 0.5) is 4.79 Å². The molecule has 0 spiro atoms. The van der Waals surface area contributed by atoms with Crippen molar-refractivity contribution in [3.63, 3.8) is 0 Å². The van der Waals surface area contributed by atoms with Crippen molar-refractivity contribution in [1.29, 1.82) is 0 Å². The molecule has 4 amide bonds. The summed E-state index contributed by atoms with van der Waals surface area (Å²) in [4.78, 5) is 30.5. The van der Waals surface area contributed by atoms with Crippen LogP contribution in [0.1, 0.15) is 0 Å². The highest BCUT2D eigenvalue weighted by Gasteiger charge is 1.97. The Kier molecular flexibility index (Phi) is 3.36. The first-order chi connectivity index (χ1) is 5.02. The van der Waals surface area contributed by atoms with E-state index in [-0.39, 0.29) is 0 Å². The summed E-state index contributed by atoms with van der Waals surface area (Å²) in [5, 5.41) is 1.70. The van der Waals surface area contributed by atoms with Crippen LogP contribution in [0.5, 0.6) is 0 Å². The minimum atomic E-state index is -0.982. The zero-order chi connectivity index (χ0) is 8.85. The third-order valence-corrected chi connectivity index (χ3v) is 0.645. The van der Waals surface area contributed by atoms with Crippen molar-refractivity contribution >= 4 is 17.8 Å². The highest BCUT2D eigenvalue weighted by molar-refractivity contribution is 6.02. The monoisotopic (exact) mass is 157 g/mol. The quantitative estimate of drug-likeness (QED) is 0.411. The van der Waals surface area contributed by atoms with Gasteiger partial charge in [-0.3, -0.25) is 14.9 Å². The van der Waals surface area contributed by atoms with Crippen molar-refractivity contribution in [2.75, 3.05) is 0 Å². The van der Waals surface area contributed by atoms with Gasteiger partial charge in [0.15, 0.2) is 0 Å². The first-order valence-electron chi connectivity index (χ1n) is 2.60. The van der Waals surface area contributed by atoms with Crippen LogP contribution in [0.15, 0.2) is 12.2 Å². The van der Waals surface area contributed by atoms with Gasteiger partial charge in [-0.25, -0.2) is 4.79 Å². The molecule has 0 atom stereocenters. The number of nitrogens with one attached hydrogen (secondary N) is 1. The van der Waals surface area contributed by atoms with Crippen LogP contribution in [0.3, 0.4) is 0 Å². The lowest BCUT2D eigenvalue weighted by atomic mass is 10.4. The molecule has 0 fully saturated rings. The zero-order valence-corrected chi connectivity index (χ0v) is 5.53. The van der Waals surface area contributed by atoms with Gasteiger partial charge in [0.2, 0.25) is 5.91 Å². The van der Waals surface area contributed by atoms with E-state index < -0.39 is 17.8 Å². The van der Waals surface area contributed by atoms with E-state index in [2.05, 4.69) is 11.5 Å². The van der Waals surface area contributed by atoms with Gasteiger partial charge in [0.25, 0.3) is 5.91 Å². The van der Waals surface area contributed by atoms with Crippen LogP contribution in [0, 0.1) is 0 Å². The third-order valence-electron chi connectivity index (χ3n) is 0.645. The van der Waals surface area contributed by atoms with Gasteiger partial charge in [0.1, 0.15) is 0 Å². The van der Waals surface area contributed by atoms with E-state index in [1.807, 2.05) is 0 Å². The fourth-order valence-corrected chi connectivity index (χ4v) is 0.321. The van der Waals surface area contributed by atoms with Gasteiger partial charge in [0, 0.05) is 12.2 Å². The summed E-state index contributed by atoms with van der Waals surface area (Å²) in [6, 6.07) is -0.982. The molecule has 0 rings (SSSR count). The molecule has 5 N–H and O–H groups in total. The van der Waals surface area contributed by atoms with Crippen molar-refractivity contribution in [2.24, 2.45) is 11.5 Å². The van der Waals surface area contributed by atoms with Gasteiger partial charge < -0.3 is 11.5 Å². The average Bonchev–Trinajstić information content (AvgIpc) is 1.82. The second-order valence-electron chi connectivity index (χ2n) is 1.59. The SMILES string of the molecule is NC(=O)C=CC(=O)NC(N)=O. The van der Waals surface area contributed by atoms with E-state index in [4.69, 9.17) is 0 Å². The predicted molar refractivity (Wildman–Crippen MR) is 36.1 cm³/mol. The highest BCUT2D eigenvalue weighted by atomic mass is 16.2. The molecule has 60 valence electrons. The molecule has 0 aliphatic rings. The maximum absolute atomic E-state index is 10.5. The molecule has 11 heavy (non-hydrogen) atoms. The Morgan fingerprint density at radius 1 is 1.09 bits per heavy atom. The molecule has 0 unspecified atom stereocenters. The average molecular weight is 157 g/mol. The summed E-state index contributed by atoms with van der Waals surface area (Å²) in [5.41, 5.74) is 9.23. The summed E-state index contributed by atoms with van der Waals surface area (Å²) in [7, 11) is 0. The number of primary amides is 2. The van der Waals surface area contributed by atoms with Gasteiger partial charge in [-0.2, -0.15) is 0 Å². The minimum Gasteiger partial charge on any atom is -0.366 e. The number of carbonyl (C=O) groups excluding carboxylic acids is 3. The van der Waals surface area contributed by atoms with E-state index in [9.17, 15) is 14.4 Å². The van der Waals surface area contributed by atoms with E-state index in [0.29, 0.717) is 0 Å². The number of hydrogen-bond donors (Lipinski definition) is 3. The van der Waals surface area contributed by atoms with Crippen molar-refractivity contribution in [1.82, 2.24) is 5.32 Å². The lowest BCUT2D eigenvalue weighted by Gasteiger charge is -1.91. The molecular weight excluding hydrogens is 150 g/mol. The number of hydrogen-bond acceptors (Lipinski definition) is 3. The molecule has 0 aromatic heterocycles. The van der Waals surface area contributed by atoms with Crippen molar-refractivity contribution in [3.8, 4) is 0 Å². The summed E-state index contributed by atoms with van der Waals surface area (Å²) >= 11 is 0. The molecule has 6 nitrogen and oxygen atoms in total. The molecule has 0 aromatic carbocycles. The molecular formula is C5H7N3O3. The number of nitrogens with two attached hydrogens (primary N) is 2. The van der Waals surface area contributed by atoms with E-state index in [1.54, 1.807) is 5.32 Å². The Hall–Kier alpha value is -1.85. The standard InChI is InChI=1S/C5H7N3O3/c6-3(9)1-2-4(10)8-5(7)11/h1-2H,(H2,6,9)(H3,7,8,10,11). The topological polar surface area (TPSA) is 115 Å². The number of urea groups is 1. The van der Waals surface area contributed by atoms with Crippen LogP contribution in [0.25, 0.3) is 0 Å². The van der Waals surface area contributed by atoms with Crippen LogP contribution in [-0.2, 0) is 9.59 Å². The van der Waals surface area contributed by atoms with E-state index in [1.165, 1.54) is 0 Å². The maximum atomic E-state index is 10.5. The first kappa shape index (κ1) is 9.15. The van der Waals surface area contributed by atoms with E-state index >= 15 is 0 Å². The van der Waals surface area contributed by atoms with Gasteiger partial charge in [-0.15, -0.1) is 0 Å². The molecule has 0 saturated carbocycles. The lowest BCUT2D eigenvalue weighted by molar-refractivity contribution is -0.116. The lowest BCUT2D eigenvalue weighted by Crippen LogP contribution is -2.33. The van der Waals surface area contributed by atoms with Crippen LogP contribution < -0.4 is 16.8 Å². The fourth-order valence-electron chi connectivity index (χ4n) is 0.321. The molecule has 0 radical (unpaired) electrons. The predicted octanol–water partition coefficient (Wildman–Crippen LogP) is -1.78. The number of imide groups is 1. The summed E-state index contributed by atoms with van der Waals surface area (Å²) < 4.78 is 0. The Bertz CT molecular complexity index is 221. The molecule has 0 saturated heterocycles. The smallest absolute Gasteiger partial charge is 0.319 e. The summed E-state index contributed by atoms with van der Waals surface area (Å²) in [5.74, 6) is -1.55. The van der Waals surface area contributed by atoms with Gasteiger partial charge in [-0.05, 0) is 0 Å². The molecule has 6 heteroatoms. The Labute approximate surface area is 62.2 Å². The summed E-state index contributed by atoms with van der Waals surface area (Å²) in [6.07, 6.45) is 1.63. The number of amides is 4. The maximum Gasteiger partial charge on any atom is 0.319 e.